The first-order chi connectivity index (χ1) is 11.7. The second kappa shape index (κ2) is 8.27. The number of carbonyl (C=O) groups is 1. The highest BCUT2D eigenvalue weighted by molar-refractivity contribution is 7.88. The number of hydrogen-bond donors (Lipinski definition) is 1. The van der Waals surface area contributed by atoms with Crippen molar-refractivity contribution in [3.63, 3.8) is 0 Å². The van der Waals surface area contributed by atoms with E-state index in [4.69, 9.17) is 0 Å². The molecule has 0 unspecified atom stereocenters. The number of sulfonamides is 1. The third kappa shape index (κ3) is 6.32. The summed E-state index contributed by atoms with van der Waals surface area (Å²) in [6.45, 7) is 3.97. The summed E-state index contributed by atoms with van der Waals surface area (Å²) in [4.78, 5) is 12.3. The van der Waals surface area contributed by atoms with E-state index in [2.05, 4.69) is 5.32 Å². The van der Waals surface area contributed by atoms with Crippen molar-refractivity contribution < 1.29 is 13.2 Å². The first-order valence-electron chi connectivity index (χ1n) is 8.11. The molecule has 0 aliphatic rings. The molecule has 0 aliphatic heterocycles. The van der Waals surface area contributed by atoms with Gasteiger partial charge in [-0.3, -0.25) is 4.79 Å². The molecular weight excluding hydrogens is 336 g/mol. The molecule has 1 N–H and O–H groups in total. The monoisotopic (exact) mass is 360 g/mol. The highest BCUT2D eigenvalue weighted by Gasteiger charge is 2.20. The van der Waals surface area contributed by atoms with Gasteiger partial charge >= 0.3 is 0 Å². The van der Waals surface area contributed by atoms with E-state index in [0.29, 0.717) is 12.1 Å². The minimum absolute atomic E-state index is 0.196. The zero-order valence-electron chi connectivity index (χ0n) is 14.8. The summed E-state index contributed by atoms with van der Waals surface area (Å²) in [6, 6.07) is 15.3. The molecule has 0 radical (unpaired) electrons. The molecular formula is C19H24N2O3S. The van der Waals surface area contributed by atoms with Gasteiger partial charge in [0.15, 0.2) is 0 Å². The number of rotatable bonds is 7. The Kier molecular flexibility index (Phi) is 6.33. The van der Waals surface area contributed by atoms with Crippen LogP contribution in [0.1, 0.15) is 16.7 Å². The molecule has 0 saturated carbocycles. The first kappa shape index (κ1) is 19.1. The maximum Gasteiger partial charge on any atom is 0.239 e. The third-order valence-corrected chi connectivity index (χ3v) is 5.04. The predicted molar refractivity (Wildman–Crippen MR) is 101 cm³/mol. The van der Waals surface area contributed by atoms with Crippen LogP contribution in [0.2, 0.25) is 0 Å². The second-order valence-corrected chi connectivity index (χ2v) is 8.24. The Balaban J connectivity index is 2.02. The van der Waals surface area contributed by atoms with Crippen molar-refractivity contribution in [3.05, 3.63) is 65.2 Å². The molecule has 2 rings (SSSR count). The SMILES string of the molecule is Cc1cc(C)cc(NC(=O)CN(CCc2ccccc2)S(C)(=O)=O)c1. The molecule has 0 saturated heterocycles. The fourth-order valence-electron chi connectivity index (χ4n) is 2.67. The summed E-state index contributed by atoms with van der Waals surface area (Å²) in [5.74, 6) is -0.344. The van der Waals surface area contributed by atoms with E-state index in [0.717, 1.165) is 22.9 Å². The molecule has 2 aromatic rings. The highest BCUT2D eigenvalue weighted by Crippen LogP contribution is 2.14. The van der Waals surface area contributed by atoms with Crippen molar-refractivity contribution in [2.75, 3.05) is 24.7 Å². The molecule has 2 aromatic carbocycles. The quantitative estimate of drug-likeness (QED) is 0.826. The van der Waals surface area contributed by atoms with Gasteiger partial charge in [0, 0.05) is 12.2 Å². The van der Waals surface area contributed by atoms with Crippen LogP contribution in [-0.2, 0) is 21.2 Å². The third-order valence-electron chi connectivity index (χ3n) is 3.79. The van der Waals surface area contributed by atoms with Gasteiger partial charge < -0.3 is 5.32 Å². The predicted octanol–water partition coefficient (Wildman–Crippen LogP) is 2.75. The minimum atomic E-state index is -3.47. The average molecular weight is 360 g/mol. The van der Waals surface area contributed by atoms with Crippen molar-refractivity contribution in [2.45, 2.75) is 20.3 Å². The van der Waals surface area contributed by atoms with Gasteiger partial charge in [0.1, 0.15) is 0 Å². The lowest BCUT2D eigenvalue weighted by molar-refractivity contribution is -0.116. The van der Waals surface area contributed by atoms with Gasteiger partial charge in [-0.2, -0.15) is 4.31 Å². The number of anilines is 1. The van der Waals surface area contributed by atoms with Crippen LogP contribution in [-0.4, -0.2) is 38.0 Å². The number of amides is 1. The van der Waals surface area contributed by atoms with Crippen LogP contribution in [0.4, 0.5) is 5.69 Å². The van der Waals surface area contributed by atoms with Gasteiger partial charge in [-0.1, -0.05) is 36.4 Å². The van der Waals surface area contributed by atoms with E-state index in [1.807, 2.05) is 62.4 Å². The number of hydrogen-bond acceptors (Lipinski definition) is 3. The topological polar surface area (TPSA) is 66.5 Å². The van der Waals surface area contributed by atoms with Crippen LogP contribution in [0.25, 0.3) is 0 Å². The van der Waals surface area contributed by atoms with E-state index < -0.39 is 10.0 Å². The summed E-state index contributed by atoms with van der Waals surface area (Å²) in [5.41, 5.74) is 3.79. The summed E-state index contributed by atoms with van der Waals surface area (Å²) >= 11 is 0. The highest BCUT2D eigenvalue weighted by atomic mass is 32.2. The fourth-order valence-corrected chi connectivity index (χ4v) is 3.44. The van der Waals surface area contributed by atoms with Gasteiger partial charge in [0.05, 0.1) is 12.8 Å². The summed E-state index contributed by atoms with van der Waals surface area (Å²) in [7, 11) is -3.47. The Morgan fingerprint density at radius 2 is 1.64 bits per heavy atom. The van der Waals surface area contributed by atoms with Gasteiger partial charge in [-0.15, -0.1) is 0 Å². The number of aryl methyl sites for hydroxylation is 2. The van der Waals surface area contributed by atoms with Crippen LogP contribution in [0, 0.1) is 13.8 Å². The van der Waals surface area contributed by atoms with Crippen molar-refractivity contribution in [1.29, 1.82) is 0 Å². The Bertz CT molecular complexity index is 813. The van der Waals surface area contributed by atoms with Crippen LogP contribution in [0.15, 0.2) is 48.5 Å². The lowest BCUT2D eigenvalue weighted by Gasteiger charge is -2.19. The van der Waals surface area contributed by atoms with Crippen molar-refractivity contribution in [2.24, 2.45) is 0 Å². The molecule has 25 heavy (non-hydrogen) atoms. The smallest absolute Gasteiger partial charge is 0.239 e. The minimum Gasteiger partial charge on any atom is -0.325 e. The fraction of sp³-hybridized carbons (Fsp3) is 0.316. The van der Waals surface area contributed by atoms with Gasteiger partial charge in [-0.25, -0.2) is 8.42 Å². The first-order valence-corrected chi connectivity index (χ1v) is 9.96. The Morgan fingerprint density at radius 3 is 2.20 bits per heavy atom. The van der Waals surface area contributed by atoms with Crippen LogP contribution in [0.5, 0.6) is 0 Å². The largest absolute Gasteiger partial charge is 0.325 e. The summed E-state index contributed by atoms with van der Waals surface area (Å²) in [5, 5.41) is 2.78. The van der Waals surface area contributed by atoms with Crippen LogP contribution in [0.3, 0.4) is 0 Å². The second-order valence-electron chi connectivity index (χ2n) is 6.26. The van der Waals surface area contributed by atoms with Gasteiger partial charge in [0.2, 0.25) is 15.9 Å². The number of nitrogens with zero attached hydrogens (tertiary/aromatic N) is 1. The van der Waals surface area contributed by atoms with E-state index in [1.165, 1.54) is 4.31 Å². The maximum atomic E-state index is 12.3. The molecule has 6 heteroatoms. The van der Waals surface area contributed by atoms with E-state index in [-0.39, 0.29) is 19.0 Å². The molecule has 0 aliphatic carbocycles. The van der Waals surface area contributed by atoms with Crippen molar-refractivity contribution >= 4 is 21.6 Å². The van der Waals surface area contributed by atoms with E-state index >= 15 is 0 Å². The number of nitrogens with one attached hydrogen (secondary N) is 1. The zero-order chi connectivity index (χ0) is 18.4. The van der Waals surface area contributed by atoms with E-state index in [1.54, 1.807) is 0 Å². The van der Waals surface area contributed by atoms with Crippen LogP contribution < -0.4 is 5.32 Å². The molecule has 1 amide bonds. The maximum absolute atomic E-state index is 12.3. The standard InChI is InChI=1S/C19H24N2O3S/c1-15-11-16(2)13-18(12-15)20-19(22)14-21(25(3,23)24)10-9-17-7-5-4-6-8-17/h4-8,11-13H,9-10,14H2,1-3H3,(H,20,22). The van der Waals surface area contributed by atoms with Crippen molar-refractivity contribution in [3.8, 4) is 0 Å². The summed E-state index contributed by atoms with van der Waals surface area (Å²) < 4.78 is 25.2. The Morgan fingerprint density at radius 1 is 1.04 bits per heavy atom. The van der Waals surface area contributed by atoms with Crippen molar-refractivity contribution in [1.82, 2.24) is 4.31 Å². The molecule has 134 valence electrons. The molecule has 0 bridgehead atoms. The van der Waals surface area contributed by atoms with Gasteiger partial charge in [0.25, 0.3) is 0 Å². The van der Waals surface area contributed by atoms with Crippen LogP contribution >= 0.6 is 0 Å². The Labute approximate surface area is 149 Å². The van der Waals surface area contributed by atoms with Gasteiger partial charge in [-0.05, 0) is 49.1 Å². The summed E-state index contributed by atoms with van der Waals surface area (Å²) in [6.07, 6.45) is 1.69. The molecule has 0 fully saturated rings. The number of benzene rings is 2. The van der Waals surface area contributed by atoms with E-state index in [9.17, 15) is 13.2 Å². The normalized spacial score (nSPS) is 11.5. The molecule has 0 aromatic heterocycles. The molecule has 0 atom stereocenters. The molecule has 0 heterocycles. The zero-order valence-corrected chi connectivity index (χ0v) is 15.6. The number of carbonyl (C=O) groups excluding carboxylic acids is 1. The lowest BCUT2D eigenvalue weighted by atomic mass is 10.1. The molecule has 0 spiro atoms. The average Bonchev–Trinajstić information content (AvgIpc) is 2.50. The Hall–Kier alpha value is -2.18. The molecule has 5 nitrogen and oxygen atoms in total. The lowest BCUT2D eigenvalue weighted by Crippen LogP contribution is -2.38.